The fourth-order valence-corrected chi connectivity index (χ4v) is 2.42. The van der Waals surface area contributed by atoms with Gasteiger partial charge in [-0.1, -0.05) is 19.9 Å². The van der Waals surface area contributed by atoms with Gasteiger partial charge in [-0.15, -0.1) is 0 Å². The van der Waals surface area contributed by atoms with Crippen LogP contribution in [-0.2, 0) is 5.54 Å². The first-order chi connectivity index (χ1) is 7.49. The lowest BCUT2D eigenvalue weighted by molar-refractivity contribution is 0.385. The van der Waals surface area contributed by atoms with Gasteiger partial charge < -0.3 is 10.5 Å². The van der Waals surface area contributed by atoms with Gasteiger partial charge in [0.1, 0.15) is 0 Å². The van der Waals surface area contributed by atoms with Gasteiger partial charge in [0.25, 0.3) is 0 Å². The van der Waals surface area contributed by atoms with E-state index >= 15 is 0 Å². The number of halogens is 1. The second-order valence-electron chi connectivity index (χ2n) is 4.94. The molecule has 88 valence electrons. The lowest BCUT2D eigenvalue weighted by Gasteiger charge is -2.15. The zero-order valence-corrected chi connectivity index (χ0v) is 9.96. The molecule has 1 aliphatic rings. The van der Waals surface area contributed by atoms with Crippen LogP contribution >= 0.6 is 0 Å². The molecule has 2 N–H and O–H groups in total. The molecule has 0 aromatic heterocycles. The zero-order valence-electron chi connectivity index (χ0n) is 9.96. The minimum absolute atomic E-state index is 0.272. The van der Waals surface area contributed by atoms with Crippen molar-refractivity contribution in [3.8, 4) is 5.75 Å². The fraction of sp³-hybridized carbons (Fsp3) is 0.538. The number of rotatable bonds is 3. The number of benzene rings is 1. The standard InChI is InChI=1S/C13H18FNO/c1-8(2)10-7-13(10,15)9-4-5-12(16-3)11(14)6-9/h4-6,8,10H,7,15H2,1-3H3. The Morgan fingerprint density at radius 3 is 2.62 bits per heavy atom. The molecule has 1 aromatic carbocycles. The summed E-state index contributed by atoms with van der Waals surface area (Å²) < 4.78 is 18.4. The Labute approximate surface area is 95.6 Å². The predicted octanol–water partition coefficient (Wildman–Crippen LogP) is 2.66. The molecule has 0 radical (unpaired) electrons. The maximum Gasteiger partial charge on any atom is 0.165 e. The van der Waals surface area contributed by atoms with Gasteiger partial charge in [0, 0.05) is 5.54 Å². The average molecular weight is 223 g/mol. The van der Waals surface area contributed by atoms with Crippen molar-refractivity contribution >= 4 is 0 Å². The summed E-state index contributed by atoms with van der Waals surface area (Å²) in [5.41, 5.74) is 6.81. The summed E-state index contributed by atoms with van der Waals surface area (Å²) in [6, 6.07) is 5.01. The van der Waals surface area contributed by atoms with Crippen LogP contribution in [-0.4, -0.2) is 7.11 Å². The summed E-state index contributed by atoms with van der Waals surface area (Å²) in [6.07, 6.45) is 0.941. The smallest absolute Gasteiger partial charge is 0.165 e. The van der Waals surface area contributed by atoms with E-state index in [4.69, 9.17) is 10.5 Å². The molecule has 2 unspecified atom stereocenters. The summed E-state index contributed by atoms with van der Waals surface area (Å²) in [5.74, 6) is 0.934. The van der Waals surface area contributed by atoms with E-state index in [0.29, 0.717) is 11.8 Å². The van der Waals surface area contributed by atoms with Crippen LogP contribution in [0.2, 0.25) is 0 Å². The van der Waals surface area contributed by atoms with E-state index in [0.717, 1.165) is 12.0 Å². The van der Waals surface area contributed by atoms with Gasteiger partial charge in [-0.3, -0.25) is 0 Å². The number of hydrogen-bond acceptors (Lipinski definition) is 2. The van der Waals surface area contributed by atoms with Gasteiger partial charge >= 0.3 is 0 Å². The first kappa shape index (κ1) is 11.4. The van der Waals surface area contributed by atoms with E-state index < -0.39 is 0 Å². The Morgan fingerprint density at radius 1 is 1.50 bits per heavy atom. The first-order valence-electron chi connectivity index (χ1n) is 5.62. The molecule has 0 bridgehead atoms. The van der Waals surface area contributed by atoms with Gasteiger partial charge in [-0.2, -0.15) is 0 Å². The van der Waals surface area contributed by atoms with Crippen LogP contribution in [0.25, 0.3) is 0 Å². The molecule has 0 saturated heterocycles. The highest BCUT2D eigenvalue weighted by Crippen LogP contribution is 2.53. The Hall–Kier alpha value is -1.09. The molecule has 1 saturated carbocycles. The molecular formula is C13H18FNO. The molecule has 0 heterocycles. The van der Waals surface area contributed by atoms with Gasteiger partial charge in [0.15, 0.2) is 11.6 Å². The number of methoxy groups -OCH3 is 1. The molecular weight excluding hydrogens is 205 g/mol. The van der Waals surface area contributed by atoms with Crippen LogP contribution < -0.4 is 10.5 Å². The van der Waals surface area contributed by atoms with Crippen molar-refractivity contribution in [2.75, 3.05) is 7.11 Å². The largest absolute Gasteiger partial charge is 0.494 e. The van der Waals surface area contributed by atoms with Crippen molar-refractivity contribution in [2.45, 2.75) is 25.8 Å². The van der Waals surface area contributed by atoms with E-state index in [-0.39, 0.29) is 17.1 Å². The molecule has 1 aromatic rings. The van der Waals surface area contributed by atoms with Gasteiger partial charge in [0.05, 0.1) is 7.11 Å². The molecule has 3 heteroatoms. The van der Waals surface area contributed by atoms with Gasteiger partial charge in [-0.05, 0) is 36.0 Å². The van der Waals surface area contributed by atoms with Crippen molar-refractivity contribution in [1.29, 1.82) is 0 Å². The third-order valence-electron chi connectivity index (χ3n) is 3.55. The highest BCUT2D eigenvalue weighted by molar-refractivity contribution is 5.37. The summed E-state index contributed by atoms with van der Waals surface area (Å²) in [5, 5.41) is 0. The third kappa shape index (κ3) is 1.69. The van der Waals surface area contributed by atoms with Crippen LogP contribution in [0, 0.1) is 17.7 Å². The Kier molecular flexibility index (Phi) is 2.66. The number of nitrogens with two attached hydrogens (primary N) is 1. The second kappa shape index (κ2) is 3.74. The number of ether oxygens (including phenoxy) is 1. The van der Waals surface area contributed by atoms with Gasteiger partial charge in [0.2, 0.25) is 0 Å². The van der Waals surface area contributed by atoms with Crippen LogP contribution in [0.15, 0.2) is 18.2 Å². The van der Waals surface area contributed by atoms with E-state index in [2.05, 4.69) is 13.8 Å². The summed E-state index contributed by atoms with van der Waals surface area (Å²) in [7, 11) is 1.46. The fourth-order valence-electron chi connectivity index (χ4n) is 2.42. The molecule has 2 nitrogen and oxygen atoms in total. The normalized spacial score (nSPS) is 28.2. The lowest BCUT2D eigenvalue weighted by Crippen LogP contribution is -2.24. The van der Waals surface area contributed by atoms with E-state index in [1.807, 2.05) is 6.07 Å². The van der Waals surface area contributed by atoms with Crippen LogP contribution in [0.4, 0.5) is 4.39 Å². The molecule has 0 spiro atoms. The SMILES string of the molecule is COc1ccc(C2(N)CC2C(C)C)cc1F. The van der Waals surface area contributed by atoms with E-state index in [9.17, 15) is 4.39 Å². The minimum Gasteiger partial charge on any atom is -0.494 e. The minimum atomic E-state index is -0.334. The summed E-state index contributed by atoms with van der Waals surface area (Å²) in [6.45, 7) is 4.30. The molecule has 1 aliphatic carbocycles. The monoisotopic (exact) mass is 223 g/mol. The van der Waals surface area contributed by atoms with Crippen molar-refractivity contribution in [2.24, 2.45) is 17.6 Å². The maximum absolute atomic E-state index is 13.6. The van der Waals surface area contributed by atoms with E-state index in [1.54, 1.807) is 6.07 Å². The topological polar surface area (TPSA) is 35.2 Å². The highest BCUT2D eigenvalue weighted by Gasteiger charge is 2.53. The maximum atomic E-state index is 13.6. The Morgan fingerprint density at radius 2 is 2.19 bits per heavy atom. The lowest BCUT2D eigenvalue weighted by atomic mass is 9.97. The number of hydrogen-bond donors (Lipinski definition) is 1. The predicted molar refractivity (Wildman–Crippen MR) is 61.8 cm³/mol. The van der Waals surface area contributed by atoms with Crippen LogP contribution in [0.3, 0.4) is 0 Å². The highest BCUT2D eigenvalue weighted by atomic mass is 19.1. The third-order valence-corrected chi connectivity index (χ3v) is 3.55. The molecule has 2 atom stereocenters. The van der Waals surface area contributed by atoms with Gasteiger partial charge in [-0.25, -0.2) is 4.39 Å². The molecule has 0 aliphatic heterocycles. The molecule has 0 amide bonds. The summed E-state index contributed by atoms with van der Waals surface area (Å²) >= 11 is 0. The molecule has 16 heavy (non-hydrogen) atoms. The summed E-state index contributed by atoms with van der Waals surface area (Å²) in [4.78, 5) is 0. The van der Waals surface area contributed by atoms with Crippen molar-refractivity contribution in [1.82, 2.24) is 0 Å². The Balaban J connectivity index is 2.27. The van der Waals surface area contributed by atoms with Crippen molar-refractivity contribution in [3.05, 3.63) is 29.6 Å². The van der Waals surface area contributed by atoms with Crippen molar-refractivity contribution in [3.63, 3.8) is 0 Å². The first-order valence-corrected chi connectivity index (χ1v) is 5.62. The quantitative estimate of drug-likeness (QED) is 0.855. The van der Waals surface area contributed by atoms with Crippen LogP contribution in [0.5, 0.6) is 5.75 Å². The second-order valence-corrected chi connectivity index (χ2v) is 4.94. The molecule has 1 fully saturated rings. The van der Waals surface area contributed by atoms with Crippen molar-refractivity contribution < 1.29 is 9.13 Å². The molecule has 2 rings (SSSR count). The van der Waals surface area contributed by atoms with Crippen LogP contribution in [0.1, 0.15) is 25.8 Å². The van der Waals surface area contributed by atoms with E-state index in [1.165, 1.54) is 13.2 Å². The Bertz CT molecular complexity index is 405. The zero-order chi connectivity index (χ0) is 11.9. The average Bonchev–Trinajstić information content (AvgIpc) is 2.92.